The van der Waals surface area contributed by atoms with Gasteiger partial charge in [-0.1, -0.05) is 23.7 Å². The molecule has 2 fully saturated rings. The Morgan fingerprint density at radius 3 is 2.64 bits per heavy atom. The lowest BCUT2D eigenvalue weighted by Crippen LogP contribution is -2.54. The summed E-state index contributed by atoms with van der Waals surface area (Å²) in [5.74, 6) is 0.733. The van der Waals surface area contributed by atoms with E-state index < -0.39 is 16.3 Å². The number of furan rings is 1. The number of ether oxygens (including phenoxy) is 2. The molecule has 0 bridgehead atoms. The van der Waals surface area contributed by atoms with Crippen LogP contribution in [0.5, 0.6) is 0 Å². The molecule has 0 aliphatic carbocycles. The summed E-state index contributed by atoms with van der Waals surface area (Å²) in [4.78, 5) is 6.75. The maximum atomic E-state index is 13.4. The number of sulfonamides is 1. The van der Waals surface area contributed by atoms with Gasteiger partial charge in [0, 0.05) is 48.7 Å². The average molecular weight is 511 g/mol. The highest BCUT2D eigenvalue weighted by Gasteiger charge is 2.39. The minimum absolute atomic E-state index is 0.115. The number of hydrogen-bond acceptors (Lipinski definition) is 9. The molecule has 33 heavy (non-hydrogen) atoms. The fraction of sp³-hybridized carbons (Fsp3) is 0.429. The van der Waals surface area contributed by atoms with E-state index >= 15 is 0 Å². The molecule has 2 saturated heterocycles. The first kappa shape index (κ1) is 22.8. The highest BCUT2D eigenvalue weighted by molar-refractivity contribution is 7.89. The number of piperazine rings is 1. The average Bonchev–Trinajstić information content (AvgIpc) is 3.56. The van der Waals surface area contributed by atoms with Crippen LogP contribution < -0.4 is 4.90 Å². The smallest absolute Gasteiger partial charge is 0.277 e. The molecule has 2 aliphatic heterocycles. The quantitative estimate of drug-likeness (QED) is 0.498. The van der Waals surface area contributed by atoms with Gasteiger partial charge in [0.1, 0.15) is 5.82 Å². The lowest BCUT2D eigenvalue weighted by molar-refractivity contribution is -0.0473. The summed E-state index contributed by atoms with van der Waals surface area (Å²) in [7, 11) is -3.84. The third kappa shape index (κ3) is 4.66. The van der Waals surface area contributed by atoms with E-state index in [0.717, 1.165) is 16.5 Å². The number of hydrogen-bond donors (Lipinski definition) is 0. The number of halogens is 1. The third-order valence-electron chi connectivity index (χ3n) is 5.65. The fourth-order valence-corrected chi connectivity index (χ4v) is 6.60. The van der Waals surface area contributed by atoms with E-state index in [-0.39, 0.29) is 11.1 Å². The molecular formula is C21H23ClN4O5S2. The Kier molecular flexibility index (Phi) is 6.43. The van der Waals surface area contributed by atoms with E-state index in [2.05, 4.69) is 14.3 Å². The van der Waals surface area contributed by atoms with Crippen molar-refractivity contribution in [3.8, 4) is 0 Å². The molecule has 0 amide bonds. The predicted octanol–water partition coefficient (Wildman–Crippen LogP) is 3.32. The second-order valence-electron chi connectivity index (χ2n) is 7.94. The number of nitrogens with zero attached hydrogens (tertiary/aromatic N) is 4. The molecule has 9 nitrogen and oxygen atoms in total. The Balaban J connectivity index is 1.27. The van der Waals surface area contributed by atoms with Gasteiger partial charge in [0.25, 0.3) is 10.0 Å². The molecule has 0 radical (unpaired) electrons. The third-order valence-corrected chi connectivity index (χ3v) is 8.67. The summed E-state index contributed by atoms with van der Waals surface area (Å²) in [6, 6.07) is 8.92. The van der Waals surface area contributed by atoms with Crippen LogP contribution in [0.25, 0.3) is 0 Å². The molecule has 1 atom stereocenters. The van der Waals surface area contributed by atoms with E-state index in [4.69, 9.17) is 25.5 Å². The first-order chi connectivity index (χ1) is 15.9. The van der Waals surface area contributed by atoms with Gasteiger partial charge in [0.2, 0.25) is 10.2 Å². The highest BCUT2D eigenvalue weighted by atomic mass is 35.5. The van der Waals surface area contributed by atoms with E-state index in [1.54, 1.807) is 6.07 Å². The minimum Gasteiger partial charge on any atom is -0.451 e. The van der Waals surface area contributed by atoms with Crippen LogP contribution in [0.3, 0.4) is 0 Å². The number of aromatic nitrogens is 2. The molecule has 1 unspecified atom stereocenters. The molecule has 5 rings (SSSR count). The first-order valence-corrected chi connectivity index (χ1v) is 13.2. The molecule has 4 heterocycles. The summed E-state index contributed by atoms with van der Waals surface area (Å²) in [5.41, 5.74) is 1.48. The lowest BCUT2D eigenvalue weighted by Gasteiger charge is -2.38. The lowest BCUT2D eigenvalue weighted by atomic mass is 10.1. The van der Waals surface area contributed by atoms with Gasteiger partial charge in [0.05, 0.1) is 25.0 Å². The Hall–Kier alpha value is -2.02. The van der Waals surface area contributed by atoms with Gasteiger partial charge >= 0.3 is 0 Å². The first-order valence-electron chi connectivity index (χ1n) is 10.6. The second kappa shape index (κ2) is 9.32. The Morgan fingerprint density at radius 2 is 1.91 bits per heavy atom. The molecule has 3 aromatic rings. The van der Waals surface area contributed by atoms with Crippen molar-refractivity contribution in [3.05, 3.63) is 58.6 Å². The van der Waals surface area contributed by atoms with Crippen LogP contribution in [-0.2, 0) is 25.9 Å². The highest BCUT2D eigenvalue weighted by Crippen LogP contribution is 2.33. The Labute approximate surface area is 201 Å². The fourth-order valence-electron chi connectivity index (χ4n) is 4.04. The van der Waals surface area contributed by atoms with Crippen LogP contribution in [0.2, 0.25) is 5.02 Å². The van der Waals surface area contributed by atoms with Crippen LogP contribution >= 0.6 is 23.1 Å². The van der Waals surface area contributed by atoms with Gasteiger partial charge < -0.3 is 18.8 Å². The van der Waals surface area contributed by atoms with Crippen LogP contribution in [0.1, 0.15) is 30.2 Å². The number of anilines is 1. The summed E-state index contributed by atoms with van der Waals surface area (Å²) in [5, 5.41) is 1.36. The molecule has 176 valence electrons. The molecule has 0 saturated carbocycles. The monoisotopic (exact) mass is 510 g/mol. The second-order valence-corrected chi connectivity index (χ2v) is 10.9. The van der Waals surface area contributed by atoms with Gasteiger partial charge in [-0.05, 0) is 30.7 Å². The molecule has 0 spiro atoms. The summed E-state index contributed by atoms with van der Waals surface area (Å²) in [6.45, 7) is 4.04. The molecule has 2 aromatic heterocycles. The topological polar surface area (TPSA) is 98.0 Å². The molecule has 2 aliphatic rings. The zero-order chi connectivity index (χ0) is 23.0. The standard InChI is InChI=1S/C21H23ClN4O5S2/c1-14-13-25(21-23-18(24-32-21)12-15-2-4-16(22)5-3-15)7-8-26(14)33(27,28)20-17(6-9-31-20)19-29-10-11-30-19/h2-6,9,14,19H,7-8,10-13H2,1H3. The maximum absolute atomic E-state index is 13.4. The Morgan fingerprint density at radius 1 is 1.15 bits per heavy atom. The Bertz CT molecular complexity index is 1210. The van der Waals surface area contributed by atoms with Crippen LogP contribution in [0, 0.1) is 0 Å². The van der Waals surface area contributed by atoms with Crippen molar-refractivity contribution in [1.82, 2.24) is 13.7 Å². The van der Waals surface area contributed by atoms with E-state index in [0.29, 0.717) is 49.9 Å². The SMILES string of the molecule is CC1CN(c2nc(Cc3ccc(Cl)cc3)ns2)CCN1S(=O)(=O)c1occc1C1OCCO1. The van der Waals surface area contributed by atoms with Crippen molar-refractivity contribution in [2.75, 3.05) is 37.7 Å². The summed E-state index contributed by atoms with van der Waals surface area (Å²) in [6.07, 6.45) is 1.26. The van der Waals surface area contributed by atoms with E-state index in [1.165, 1.54) is 22.1 Å². The largest absolute Gasteiger partial charge is 0.451 e. The van der Waals surface area contributed by atoms with Gasteiger partial charge in [-0.15, -0.1) is 0 Å². The molecule has 12 heteroatoms. The number of rotatable bonds is 6. The zero-order valence-corrected chi connectivity index (χ0v) is 20.3. The van der Waals surface area contributed by atoms with Crippen molar-refractivity contribution in [1.29, 1.82) is 0 Å². The van der Waals surface area contributed by atoms with Gasteiger partial charge in [-0.25, -0.2) is 13.4 Å². The van der Waals surface area contributed by atoms with Gasteiger partial charge in [-0.2, -0.15) is 8.68 Å². The van der Waals surface area contributed by atoms with Gasteiger partial charge in [-0.3, -0.25) is 0 Å². The summed E-state index contributed by atoms with van der Waals surface area (Å²) >= 11 is 7.28. The zero-order valence-electron chi connectivity index (χ0n) is 17.9. The van der Waals surface area contributed by atoms with Crippen molar-refractivity contribution in [3.63, 3.8) is 0 Å². The van der Waals surface area contributed by atoms with Crippen LogP contribution in [-0.4, -0.2) is 61.0 Å². The summed E-state index contributed by atoms with van der Waals surface area (Å²) < 4.78 is 49.1. The normalized spacial score (nSPS) is 20.5. The van der Waals surface area contributed by atoms with Crippen molar-refractivity contribution < 1.29 is 22.3 Å². The minimum atomic E-state index is -3.84. The van der Waals surface area contributed by atoms with Gasteiger partial charge in [0.15, 0.2) is 6.29 Å². The maximum Gasteiger partial charge on any atom is 0.277 e. The number of benzene rings is 1. The van der Waals surface area contributed by atoms with Crippen molar-refractivity contribution >= 4 is 38.3 Å². The van der Waals surface area contributed by atoms with E-state index in [9.17, 15) is 8.42 Å². The predicted molar refractivity (Wildman–Crippen MR) is 123 cm³/mol. The van der Waals surface area contributed by atoms with Crippen molar-refractivity contribution in [2.45, 2.75) is 30.8 Å². The van der Waals surface area contributed by atoms with Crippen LogP contribution in [0.4, 0.5) is 5.13 Å². The van der Waals surface area contributed by atoms with E-state index in [1.807, 2.05) is 31.2 Å². The molecule has 1 aromatic carbocycles. The molecular weight excluding hydrogens is 488 g/mol. The molecule has 0 N–H and O–H groups in total. The van der Waals surface area contributed by atoms with Crippen molar-refractivity contribution in [2.24, 2.45) is 0 Å². The van der Waals surface area contributed by atoms with Crippen LogP contribution in [0.15, 0.2) is 46.1 Å².